The second kappa shape index (κ2) is 3.28. The van der Waals surface area contributed by atoms with E-state index in [-0.39, 0.29) is 5.82 Å². The predicted molar refractivity (Wildman–Crippen MR) is 74.7 cm³/mol. The molecule has 0 amide bonds. The molecule has 0 radical (unpaired) electrons. The van der Waals surface area contributed by atoms with Crippen molar-refractivity contribution in [3.8, 4) is 0 Å². The number of halogens is 1. The summed E-state index contributed by atoms with van der Waals surface area (Å²) in [6.07, 6.45) is 0. The lowest BCUT2D eigenvalue weighted by Gasteiger charge is -1.92. The van der Waals surface area contributed by atoms with Crippen LogP contribution in [0.5, 0.6) is 0 Å². The summed E-state index contributed by atoms with van der Waals surface area (Å²) in [6, 6.07) is 13.5. The Balaban J connectivity index is 2.31. The molecule has 0 saturated heterocycles. The molecule has 4 rings (SSSR count). The van der Waals surface area contributed by atoms with Crippen molar-refractivity contribution in [2.75, 3.05) is 0 Å². The van der Waals surface area contributed by atoms with Crippen molar-refractivity contribution >= 4 is 52.2 Å². The van der Waals surface area contributed by atoms with Gasteiger partial charge in [-0.1, -0.05) is 18.2 Å². The quantitative estimate of drug-likeness (QED) is 0.395. The van der Waals surface area contributed by atoms with Gasteiger partial charge in [0.05, 0.1) is 4.01 Å². The van der Waals surface area contributed by atoms with Crippen LogP contribution in [0.15, 0.2) is 42.5 Å². The fraction of sp³-hybridized carbons (Fsp3) is 0. The zero-order chi connectivity index (χ0) is 11.4. The molecular formula is C14H7FS2. The molecule has 0 aliphatic carbocycles. The monoisotopic (exact) mass is 258 g/mol. The van der Waals surface area contributed by atoms with Crippen LogP contribution in [0.25, 0.3) is 29.6 Å². The van der Waals surface area contributed by atoms with Crippen molar-refractivity contribution in [1.29, 1.82) is 0 Å². The highest BCUT2D eigenvalue weighted by Gasteiger charge is 2.11. The van der Waals surface area contributed by atoms with Gasteiger partial charge in [-0.3, -0.25) is 0 Å². The first-order valence-corrected chi connectivity index (χ1v) is 6.95. The van der Waals surface area contributed by atoms with Gasteiger partial charge in [-0.2, -0.15) is 0 Å². The van der Waals surface area contributed by atoms with E-state index in [2.05, 4.69) is 24.3 Å². The molecule has 0 saturated carbocycles. The smallest absolute Gasteiger partial charge is 0.124 e. The Hall–Kier alpha value is -1.45. The molecule has 2 aromatic heterocycles. The highest BCUT2D eigenvalue weighted by molar-refractivity contribution is 7.44. The molecule has 0 unspecified atom stereocenters. The fourth-order valence-electron chi connectivity index (χ4n) is 2.24. The molecule has 2 heterocycles. The summed E-state index contributed by atoms with van der Waals surface area (Å²) >= 11 is 3.47. The summed E-state index contributed by atoms with van der Waals surface area (Å²) in [5.74, 6) is -0.157. The summed E-state index contributed by atoms with van der Waals surface area (Å²) in [7, 11) is 0. The predicted octanol–water partition coefficient (Wildman–Crippen LogP) is 5.41. The summed E-state index contributed by atoms with van der Waals surface area (Å²) in [5, 5.41) is 3.74. The van der Waals surface area contributed by atoms with Crippen molar-refractivity contribution < 1.29 is 4.39 Å². The van der Waals surface area contributed by atoms with Crippen LogP contribution in [0.4, 0.5) is 4.39 Å². The molecule has 3 heteroatoms. The van der Waals surface area contributed by atoms with Crippen LogP contribution in [-0.4, -0.2) is 0 Å². The van der Waals surface area contributed by atoms with Gasteiger partial charge in [0.2, 0.25) is 0 Å². The lowest BCUT2D eigenvalue weighted by molar-refractivity contribution is 0.630. The van der Waals surface area contributed by atoms with Crippen molar-refractivity contribution in [2.24, 2.45) is 0 Å². The molecule has 0 atom stereocenters. The Labute approximate surface area is 105 Å². The van der Waals surface area contributed by atoms with E-state index in [0.717, 1.165) is 4.70 Å². The normalized spacial score (nSPS) is 11.8. The molecule has 0 aliphatic rings. The second-order valence-electron chi connectivity index (χ2n) is 4.00. The topological polar surface area (TPSA) is 0 Å². The molecule has 0 fully saturated rings. The standard InChI is InChI=1S/C14H7FS2/c15-8-5-6-10-12(7-8)17-14-13(10)9-3-1-2-4-11(9)16-14/h1-7H. The van der Waals surface area contributed by atoms with Crippen molar-refractivity contribution in [3.63, 3.8) is 0 Å². The molecule has 0 N–H and O–H groups in total. The molecule has 0 spiro atoms. The maximum absolute atomic E-state index is 13.2. The summed E-state index contributed by atoms with van der Waals surface area (Å²) in [4.78, 5) is 0. The number of fused-ring (bicyclic) bond motifs is 5. The number of hydrogen-bond donors (Lipinski definition) is 0. The minimum absolute atomic E-state index is 0.157. The molecule has 0 aliphatic heterocycles. The van der Waals surface area contributed by atoms with Crippen LogP contribution < -0.4 is 0 Å². The van der Waals surface area contributed by atoms with Gasteiger partial charge in [-0.15, -0.1) is 22.7 Å². The van der Waals surface area contributed by atoms with Crippen LogP contribution in [-0.2, 0) is 0 Å². The van der Waals surface area contributed by atoms with Gasteiger partial charge in [0, 0.05) is 25.6 Å². The van der Waals surface area contributed by atoms with E-state index in [0.29, 0.717) is 0 Å². The minimum atomic E-state index is -0.157. The van der Waals surface area contributed by atoms with Crippen molar-refractivity contribution in [2.45, 2.75) is 0 Å². The zero-order valence-electron chi connectivity index (χ0n) is 8.74. The van der Waals surface area contributed by atoms with E-state index in [1.54, 1.807) is 34.8 Å². The van der Waals surface area contributed by atoms with Gasteiger partial charge in [0.15, 0.2) is 0 Å². The maximum atomic E-state index is 13.2. The van der Waals surface area contributed by atoms with E-state index < -0.39 is 0 Å². The average Bonchev–Trinajstić information content (AvgIpc) is 2.83. The van der Waals surface area contributed by atoms with E-state index in [4.69, 9.17) is 0 Å². The maximum Gasteiger partial charge on any atom is 0.124 e. The first-order chi connectivity index (χ1) is 8.33. The highest BCUT2D eigenvalue weighted by Crippen LogP contribution is 2.43. The molecule has 2 aromatic carbocycles. The first kappa shape index (κ1) is 9.57. The zero-order valence-corrected chi connectivity index (χ0v) is 10.4. The van der Waals surface area contributed by atoms with Gasteiger partial charge in [0.1, 0.15) is 5.82 Å². The Morgan fingerprint density at radius 3 is 2.53 bits per heavy atom. The molecule has 4 aromatic rings. The van der Waals surface area contributed by atoms with Crippen molar-refractivity contribution in [3.05, 3.63) is 48.3 Å². The Bertz CT molecular complexity index is 854. The third-order valence-corrected chi connectivity index (χ3v) is 5.39. The number of hydrogen-bond acceptors (Lipinski definition) is 2. The van der Waals surface area contributed by atoms with Gasteiger partial charge in [0.25, 0.3) is 0 Å². The summed E-state index contributed by atoms with van der Waals surface area (Å²) < 4.78 is 16.8. The lowest BCUT2D eigenvalue weighted by atomic mass is 10.1. The van der Waals surface area contributed by atoms with E-state index in [9.17, 15) is 4.39 Å². The van der Waals surface area contributed by atoms with Crippen LogP contribution in [0, 0.1) is 5.82 Å². The SMILES string of the molecule is Fc1ccc2c(c1)sc1sc3ccccc3c12. The molecule has 82 valence electrons. The molecular weight excluding hydrogens is 251 g/mol. The second-order valence-corrected chi connectivity index (χ2v) is 6.37. The summed E-state index contributed by atoms with van der Waals surface area (Å²) in [6.45, 7) is 0. The number of rotatable bonds is 0. The fourth-order valence-corrected chi connectivity index (χ4v) is 4.86. The number of thiophene rings is 2. The van der Waals surface area contributed by atoms with Crippen LogP contribution in [0.1, 0.15) is 0 Å². The Kier molecular flexibility index (Phi) is 1.84. The molecule has 17 heavy (non-hydrogen) atoms. The lowest BCUT2D eigenvalue weighted by Crippen LogP contribution is -1.70. The summed E-state index contributed by atoms with van der Waals surface area (Å²) in [5.41, 5.74) is 0. The number of benzene rings is 2. The Morgan fingerprint density at radius 1 is 0.824 bits per heavy atom. The van der Waals surface area contributed by atoms with E-state index in [1.165, 1.54) is 24.9 Å². The van der Waals surface area contributed by atoms with Crippen LogP contribution >= 0.6 is 22.7 Å². The van der Waals surface area contributed by atoms with Crippen molar-refractivity contribution in [1.82, 2.24) is 0 Å². The van der Waals surface area contributed by atoms with E-state index in [1.807, 2.05) is 6.07 Å². The van der Waals surface area contributed by atoms with Gasteiger partial charge < -0.3 is 0 Å². The molecule has 0 nitrogen and oxygen atoms in total. The van der Waals surface area contributed by atoms with Gasteiger partial charge >= 0.3 is 0 Å². The third-order valence-electron chi connectivity index (χ3n) is 2.98. The first-order valence-electron chi connectivity index (χ1n) is 5.32. The third kappa shape index (κ3) is 1.27. The minimum Gasteiger partial charge on any atom is -0.207 e. The van der Waals surface area contributed by atoms with Gasteiger partial charge in [-0.25, -0.2) is 4.39 Å². The molecule has 0 bridgehead atoms. The van der Waals surface area contributed by atoms with Crippen LogP contribution in [0.3, 0.4) is 0 Å². The van der Waals surface area contributed by atoms with Crippen LogP contribution in [0.2, 0.25) is 0 Å². The van der Waals surface area contributed by atoms with E-state index >= 15 is 0 Å². The van der Waals surface area contributed by atoms with Gasteiger partial charge in [-0.05, 0) is 24.3 Å². The largest absolute Gasteiger partial charge is 0.207 e. The highest BCUT2D eigenvalue weighted by atomic mass is 32.2. The Morgan fingerprint density at radius 2 is 1.59 bits per heavy atom. The average molecular weight is 258 g/mol.